The molecular weight excluding hydrogens is 428 g/mol. The quantitative estimate of drug-likeness (QED) is 0.391. The second-order valence-corrected chi connectivity index (χ2v) is 7.20. The summed E-state index contributed by atoms with van der Waals surface area (Å²) in [7, 11) is 1.76. The second-order valence-electron chi connectivity index (χ2n) is 7.20. The molecule has 0 fully saturated rings. The van der Waals surface area contributed by atoms with Crippen LogP contribution in [0.15, 0.2) is 47.3 Å². The number of H-pyrrole nitrogens is 1. The van der Waals surface area contributed by atoms with Gasteiger partial charge in [-0.3, -0.25) is 4.98 Å². The third kappa shape index (κ3) is 3.13. The number of nitrogens with zero attached hydrogens (tertiary/aromatic N) is 5. The maximum Gasteiger partial charge on any atom is 0.437 e. The molecule has 1 aromatic carbocycles. The zero-order valence-electron chi connectivity index (χ0n) is 16.7. The van der Waals surface area contributed by atoms with Gasteiger partial charge in [-0.1, -0.05) is 0 Å². The lowest BCUT2D eigenvalue weighted by Crippen LogP contribution is -2.07. The summed E-state index contributed by atoms with van der Waals surface area (Å²) in [6.45, 7) is 1.72. The minimum Gasteiger partial charge on any atom is -0.458 e. The Hall–Kier alpha value is -4.02. The fourth-order valence-corrected chi connectivity index (χ4v) is 3.69. The number of nitrogens with one attached hydrogen (secondary N) is 1. The van der Waals surface area contributed by atoms with Crippen LogP contribution in [0, 0.1) is 12.7 Å². The van der Waals surface area contributed by atoms with Crippen LogP contribution >= 0.6 is 0 Å². The van der Waals surface area contributed by atoms with Crippen molar-refractivity contribution >= 4 is 11.0 Å². The van der Waals surface area contributed by atoms with Gasteiger partial charge in [0.15, 0.2) is 17.1 Å². The highest BCUT2D eigenvalue weighted by Gasteiger charge is 2.38. The molecule has 0 aliphatic carbocycles. The van der Waals surface area contributed by atoms with Crippen LogP contribution in [-0.2, 0) is 13.2 Å². The molecule has 162 valence electrons. The molecule has 0 saturated heterocycles. The molecule has 5 rings (SSSR count). The number of fused-ring (bicyclic) bond motifs is 1. The van der Waals surface area contributed by atoms with Gasteiger partial charge < -0.3 is 8.98 Å². The average molecular weight is 442 g/mol. The summed E-state index contributed by atoms with van der Waals surface area (Å²) in [6.07, 6.45) is -1.74. The maximum atomic E-state index is 14.3. The minimum absolute atomic E-state index is 0.117. The molecule has 4 heterocycles. The Kier molecular flexibility index (Phi) is 4.36. The van der Waals surface area contributed by atoms with Crippen molar-refractivity contribution in [2.45, 2.75) is 13.1 Å². The first-order valence-electron chi connectivity index (χ1n) is 9.39. The van der Waals surface area contributed by atoms with Gasteiger partial charge in [-0.25, -0.2) is 9.37 Å². The third-order valence-corrected chi connectivity index (χ3v) is 5.04. The van der Waals surface area contributed by atoms with E-state index in [1.54, 1.807) is 37.0 Å². The van der Waals surface area contributed by atoms with Crippen molar-refractivity contribution in [3.05, 3.63) is 60.1 Å². The molecule has 0 aliphatic heterocycles. The fraction of sp³-hybridized carbons (Fsp3) is 0.143. The van der Waals surface area contributed by atoms with Gasteiger partial charge in [-0.05, 0) is 37.3 Å². The monoisotopic (exact) mass is 442 g/mol. The number of halogens is 4. The molecule has 0 atom stereocenters. The van der Waals surface area contributed by atoms with Gasteiger partial charge in [-0.2, -0.15) is 28.6 Å². The van der Waals surface area contributed by atoms with Crippen molar-refractivity contribution in [1.82, 2.24) is 29.9 Å². The van der Waals surface area contributed by atoms with Gasteiger partial charge in [0, 0.05) is 29.8 Å². The Balaban J connectivity index is 1.68. The summed E-state index contributed by atoms with van der Waals surface area (Å²) in [5.74, 6) is 0.0484. The number of rotatable bonds is 3. The van der Waals surface area contributed by atoms with E-state index >= 15 is 0 Å². The van der Waals surface area contributed by atoms with E-state index in [2.05, 4.69) is 20.2 Å². The number of imidazole rings is 1. The minimum atomic E-state index is -4.67. The van der Waals surface area contributed by atoms with E-state index in [-0.39, 0.29) is 16.8 Å². The van der Waals surface area contributed by atoms with E-state index in [4.69, 9.17) is 4.42 Å². The molecule has 7 nitrogen and oxygen atoms in total. The topological polar surface area (TPSA) is 85.4 Å². The highest BCUT2D eigenvalue weighted by molar-refractivity contribution is 5.97. The van der Waals surface area contributed by atoms with Gasteiger partial charge in [0.1, 0.15) is 17.1 Å². The molecule has 0 spiro atoms. The highest BCUT2D eigenvalue weighted by Crippen LogP contribution is 2.38. The summed E-state index contributed by atoms with van der Waals surface area (Å²) in [5, 5.41) is 9.48. The number of aryl methyl sites for hydroxylation is 2. The molecule has 0 radical (unpaired) electrons. The SMILES string of the molecule is Cc1cc2c(-c3c(-c4cc(-c5n[nH]nc5C(F)(F)F)ccn4)ncn3C)ccc(F)c2o1. The third-order valence-electron chi connectivity index (χ3n) is 5.04. The van der Waals surface area contributed by atoms with E-state index in [1.807, 2.05) is 5.21 Å². The van der Waals surface area contributed by atoms with E-state index in [1.165, 1.54) is 24.4 Å². The van der Waals surface area contributed by atoms with Gasteiger partial charge in [-0.15, -0.1) is 0 Å². The molecule has 0 amide bonds. The molecule has 0 saturated carbocycles. The molecule has 0 bridgehead atoms. The molecular formula is C21H14F4N6O. The van der Waals surface area contributed by atoms with E-state index in [0.29, 0.717) is 33.8 Å². The largest absolute Gasteiger partial charge is 0.458 e. The molecule has 5 aromatic rings. The Labute approximate surface area is 177 Å². The smallest absolute Gasteiger partial charge is 0.437 e. The van der Waals surface area contributed by atoms with Crippen molar-refractivity contribution < 1.29 is 22.0 Å². The van der Waals surface area contributed by atoms with Crippen molar-refractivity contribution in [2.75, 3.05) is 0 Å². The summed E-state index contributed by atoms with van der Waals surface area (Å²) in [5.41, 5.74) is 0.834. The van der Waals surface area contributed by atoms with Crippen LogP contribution < -0.4 is 0 Å². The molecule has 1 N–H and O–H groups in total. The Morgan fingerprint density at radius 2 is 1.84 bits per heavy atom. The van der Waals surface area contributed by atoms with Gasteiger partial charge in [0.05, 0.1) is 17.7 Å². The van der Waals surface area contributed by atoms with Crippen LogP contribution in [0.5, 0.6) is 0 Å². The number of aromatic nitrogens is 6. The number of aromatic amines is 1. The highest BCUT2D eigenvalue weighted by atomic mass is 19.4. The van der Waals surface area contributed by atoms with Crippen molar-refractivity contribution in [3.63, 3.8) is 0 Å². The predicted octanol–water partition coefficient (Wildman–Crippen LogP) is 5.15. The van der Waals surface area contributed by atoms with Crippen LogP contribution in [0.3, 0.4) is 0 Å². The van der Waals surface area contributed by atoms with E-state index < -0.39 is 17.7 Å². The zero-order chi connectivity index (χ0) is 22.6. The molecule has 4 aromatic heterocycles. The number of pyridine rings is 1. The first-order chi connectivity index (χ1) is 15.2. The number of furan rings is 1. The van der Waals surface area contributed by atoms with Crippen molar-refractivity contribution in [2.24, 2.45) is 7.05 Å². The van der Waals surface area contributed by atoms with Crippen LogP contribution in [0.4, 0.5) is 17.6 Å². The maximum absolute atomic E-state index is 14.3. The van der Waals surface area contributed by atoms with E-state index in [9.17, 15) is 17.6 Å². The number of hydrogen-bond donors (Lipinski definition) is 1. The summed E-state index contributed by atoms with van der Waals surface area (Å²) < 4.78 is 61.3. The Morgan fingerprint density at radius 3 is 2.62 bits per heavy atom. The number of alkyl halides is 3. The predicted molar refractivity (Wildman–Crippen MR) is 107 cm³/mol. The van der Waals surface area contributed by atoms with Crippen LogP contribution in [0.1, 0.15) is 11.5 Å². The lowest BCUT2D eigenvalue weighted by Gasteiger charge is -2.09. The standard InChI is InChI=1S/C21H14F4N6O/c1-10-7-13-12(3-4-14(22)19(13)32-10)18-17(27-9-31(18)2)15-8-11(5-6-26-15)16-20(21(23,24)25)29-30-28-16/h3-9H,1-2H3,(H,28,29,30). The van der Waals surface area contributed by atoms with Crippen LogP contribution in [0.25, 0.3) is 44.9 Å². The molecule has 11 heteroatoms. The normalized spacial score (nSPS) is 12.1. The lowest BCUT2D eigenvalue weighted by molar-refractivity contribution is -0.140. The van der Waals surface area contributed by atoms with Gasteiger partial charge in [0.2, 0.25) is 0 Å². The average Bonchev–Trinajstić information content (AvgIpc) is 3.46. The molecule has 0 aliphatic rings. The number of hydrogen-bond acceptors (Lipinski definition) is 5. The van der Waals surface area contributed by atoms with Gasteiger partial charge >= 0.3 is 6.18 Å². The lowest BCUT2D eigenvalue weighted by atomic mass is 10.0. The fourth-order valence-electron chi connectivity index (χ4n) is 3.69. The van der Waals surface area contributed by atoms with Crippen LogP contribution in [0.2, 0.25) is 0 Å². The molecule has 32 heavy (non-hydrogen) atoms. The van der Waals surface area contributed by atoms with Crippen molar-refractivity contribution in [1.29, 1.82) is 0 Å². The van der Waals surface area contributed by atoms with E-state index in [0.717, 1.165) is 0 Å². The summed E-state index contributed by atoms with van der Waals surface area (Å²) >= 11 is 0. The Bertz CT molecular complexity index is 1460. The Morgan fingerprint density at radius 1 is 1.03 bits per heavy atom. The zero-order valence-corrected chi connectivity index (χ0v) is 16.7. The van der Waals surface area contributed by atoms with Gasteiger partial charge in [0.25, 0.3) is 0 Å². The number of benzene rings is 1. The summed E-state index contributed by atoms with van der Waals surface area (Å²) in [4.78, 5) is 8.70. The first-order valence-corrected chi connectivity index (χ1v) is 9.39. The first kappa shape index (κ1) is 19.9. The summed E-state index contributed by atoms with van der Waals surface area (Å²) in [6, 6.07) is 7.50. The molecule has 0 unspecified atom stereocenters. The second kappa shape index (κ2) is 7.01. The van der Waals surface area contributed by atoms with Crippen LogP contribution in [-0.4, -0.2) is 29.9 Å². The van der Waals surface area contributed by atoms with Crippen molar-refractivity contribution in [3.8, 4) is 33.9 Å².